The molecule has 0 radical (unpaired) electrons. The normalized spacial score (nSPS) is 12.7. The molecule has 4 aromatic rings. The number of nitrogens with zero attached hydrogens (tertiary/aromatic N) is 1. The van der Waals surface area contributed by atoms with Crippen LogP contribution in [0, 0.1) is 116 Å². The number of unbranched alkanes of at least 4 members (excludes halogenated alkanes) is 7. The van der Waals surface area contributed by atoms with E-state index in [4.69, 9.17) is 0 Å². The van der Waals surface area contributed by atoms with Crippen LogP contribution in [0.5, 0.6) is 0 Å². The minimum absolute atomic E-state index is 1.10. The summed E-state index contributed by atoms with van der Waals surface area (Å²) in [6.07, 6.45) is 12.8. The van der Waals surface area contributed by atoms with E-state index in [0.29, 0.717) is 0 Å². The van der Waals surface area contributed by atoms with Crippen molar-refractivity contribution < 1.29 is 87.8 Å². The summed E-state index contributed by atoms with van der Waals surface area (Å²) in [6, 6.07) is 0. The van der Waals surface area contributed by atoms with Gasteiger partial charge in [-0.05, 0) is 18.7 Å². The summed E-state index contributed by atoms with van der Waals surface area (Å²) >= 11 is 0. The molecular formula is C39H27BF20N-. The molecule has 0 saturated heterocycles. The summed E-state index contributed by atoms with van der Waals surface area (Å²) in [5.74, 6) is -71.4. The molecule has 61 heavy (non-hydrogen) atoms. The number of allylic oxidation sites excluding steroid dienone is 2. The van der Waals surface area contributed by atoms with Gasteiger partial charge in [-0.3, -0.25) is 0 Å². The van der Waals surface area contributed by atoms with Crippen molar-refractivity contribution in [2.24, 2.45) is 0 Å². The molecule has 0 atom stereocenters. The van der Waals surface area contributed by atoms with Gasteiger partial charge in [0.25, 0.3) is 0 Å². The first-order valence-electron chi connectivity index (χ1n) is 17.9. The van der Waals surface area contributed by atoms with E-state index in [1.165, 1.54) is 57.9 Å². The molecule has 0 saturated carbocycles. The van der Waals surface area contributed by atoms with Gasteiger partial charge >= 0.3 is 0 Å². The van der Waals surface area contributed by atoms with Crippen LogP contribution in [0.1, 0.15) is 58.3 Å². The molecule has 0 aromatic heterocycles. The topological polar surface area (TPSA) is 3.24 Å². The van der Waals surface area contributed by atoms with Crippen LogP contribution in [0.25, 0.3) is 0 Å². The zero-order valence-electron chi connectivity index (χ0n) is 31.0. The van der Waals surface area contributed by atoms with Gasteiger partial charge in [0.05, 0.1) is 0 Å². The van der Waals surface area contributed by atoms with Crippen LogP contribution in [0.4, 0.5) is 87.8 Å². The lowest BCUT2D eigenvalue weighted by Gasteiger charge is -2.44. The Kier molecular flexibility index (Phi) is 15.6. The van der Waals surface area contributed by atoms with E-state index in [1.807, 2.05) is 0 Å². The Labute approximate surface area is 332 Å². The summed E-state index contributed by atoms with van der Waals surface area (Å²) < 4.78 is 294. The minimum atomic E-state index is -7.22. The van der Waals surface area contributed by atoms with Crippen molar-refractivity contribution in [2.45, 2.75) is 58.3 Å². The van der Waals surface area contributed by atoms with Gasteiger partial charge in [-0.25, -0.2) is 87.8 Å². The maximum atomic E-state index is 15.4. The second kappa shape index (κ2) is 19.7. The molecule has 5 rings (SSSR count). The molecule has 0 spiro atoms. The van der Waals surface area contributed by atoms with Gasteiger partial charge in [-0.15, -0.1) is 21.9 Å². The smallest absolute Gasteiger partial charge is 0.200 e. The Morgan fingerprint density at radius 2 is 0.590 bits per heavy atom. The lowest BCUT2D eigenvalue weighted by molar-refractivity contribution is 0.378. The zero-order chi connectivity index (χ0) is 45.8. The Balaban J connectivity index is 0.000000430. The SMILES string of the molecule is CCCCCCCCCCN1C=CC=CC1.Fc1c(F)c(F)c([B-](c2c(F)c(F)c(F)c(F)c2F)(c2c(F)c(F)c(F)c(F)c2F)c2c(F)c(F)c(F)c(F)c2F)c(F)c1F. The van der Waals surface area contributed by atoms with Gasteiger partial charge in [0.15, 0.2) is 69.8 Å². The number of rotatable bonds is 13. The highest BCUT2D eigenvalue weighted by Crippen LogP contribution is 2.30. The first-order chi connectivity index (χ1) is 28.6. The Morgan fingerprint density at radius 3 is 0.836 bits per heavy atom. The molecule has 1 heterocycles. The quantitative estimate of drug-likeness (QED) is 0.0425. The molecule has 4 aromatic carbocycles. The maximum absolute atomic E-state index is 15.4. The van der Waals surface area contributed by atoms with Crippen molar-refractivity contribution >= 4 is 28.0 Å². The van der Waals surface area contributed by atoms with Crippen LogP contribution in [0.15, 0.2) is 24.4 Å². The van der Waals surface area contributed by atoms with E-state index in [1.54, 1.807) is 0 Å². The van der Waals surface area contributed by atoms with Crippen molar-refractivity contribution in [3.63, 3.8) is 0 Å². The van der Waals surface area contributed by atoms with Gasteiger partial charge in [0, 0.05) is 13.1 Å². The predicted molar refractivity (Wildman–Crippen MR) is 182 cm³/mol. The fourth-order valence-electron chi connectivity index (χ4n) is 7.00. The first kappa shape index (κ1) is 48.5. The van der Waals surface area contributed by atoms with Crippen molar-refractivity contribution in [1.82, 2.24) is 4.90 Å². The molecule has 0 bridgehead atoms. The second-order valence-electron chi connectivity index (χ2n) is 13.5. The number of hydrogen-bond acceptors (Lipinski definition) is 1. The highest BCUT2D eigenvalue weighted by Gasteiger charge is 2.52. The van der Waals surface area contributed by atoms with E-state index in [-0.39, 0.29) is 0 Å². The van der Waals surface area contributed by atoms with Gasteiger partial charge < -0.3 is 4.90 Å². The molecule has 332 valence electrons. The van der Waals surface area contributed by atoms with Crippen molar-refractivity contribution in [3.8, 4) is 0 Å². The van der Waals surface area contributed by atoms with Crippen LogP contribution in [-0.2, 0) is 0 Å². The highest BCUT2D eigenvalue weighted by molar-refractivity contribution is 7.20. The third-order valence-corrected chi connectivity index (χ3v) is 9.89. The molecule has 0 amide bonds. The molecule has 0 fully saturated rings. The first-order valence-corrected chi connectivity index (χ1v) is 17.9. The monoisotopic (exact) mass is 900 g/mol. The Hall–Kier alpha value is -5.18. The lowest BCUT2D eigenvalue weighted by atomic mass is 9.12. The van der Waals surface area contributed by atoms with Crippen LogP contribution in [-0.4, -0.2) is 24.1 Å². The van der Waals surface area contributed by atoms with Crippen LogP contribution in [0.2, 0.25) is 0 Å². The van der Waals surface area contributed by atoms with Crippen molar-refractivity contribution in [1.29, 1.82) is 0 Å². The van der Waals surface area contributed by atoms with Gasteiger partial charge in [0.1, 0.15) is 52.7 Å². The average molecular weight is 900 g/mol. The third kappa shape index (κ3) is 8.67. The van der Waals surface area contributed by atoms with Gasteiger partial charge in [0.2, 0.25) is 0 Å². The number of halogens is 20. The molecule has 1 aliphatic rings. The van der Waals surface area contributed by atoms with E-state index in [0.717, 1.165) is 6.54 Å². The van der Waals surface area contributed by atoms with E-state index in [2.05, 4.69) is 36.3 Å². The van der Waals surface area contributed by atoms with Crippen LogP contribution in [0.3, 0.4) is 0 Å². The van der Waals surface area contributed by atoms with Crippen molar-refractivity contribution in [2.75, 3.05) is 13.1 Å². The average Bonchev–Trinajstić information content (AvgIpc) is 3.25. The number of hydrogen-bond donors (Lipinski definition) is 0. The zero-order valence-corrected chi connectivity index (χ0v) is 31.0. The fraction of sp³-hybridized carbons (Fsp3) is 0.282. The van der Waals surface area contributed by atoms with Crippen LogP contribution < -0.4 is 21.9 Å². The largest absolute Gasteiger partial charge is 0.374 e. The van der Waals surface area contributed by atoms with E-state index in [9.17, 15) is 52.7 Å². The highest BCUT2D eigenvalue weighted by atomic mass is 19.2. The molecule has 0 unspecified atom stereocenters. The standard InChI is InChI=1S/C24BF20.C15H27N/c26-5-1(6(27)14(35)21(42)13(5)34)25(2-7(28)15(36)22(43)16(37)8(2)29,3-9(30)17(38)23(44)18(39)10(3)31)4-11(32)19(40)24(45)20(41)12(4)33;1-2-3-4-5-6-7-8-10-13-16-14-11-9-12-15-16/h;9,11-12,14H,2-8,10,13,15H2,1H3/q-1;. The second-order valence-corrected chi connectivity index (χ2v) is 13.5. The molecule has 1 nitrogen and oxygen atoms in total. The van der Waals surface area contributed by atoms with Gasteiger partial charge in [-0.2, -0.15) is 0 Å². The fourth-order valence-corrected chi connectivity index (χ4v) is 7.00. The lowest BCUT2D eigenvalue weighted by Crippen LogP contribution is -2.81. The minimum Gasteiger partial charge on any atom is -0.374 e. The molecule has 0 aliphatic carbocycles. The summed E-state index contributed by atoms with van der Waals surface area (Å²) in [6.45, 7) is 4.61. The maximum Gasteiger partial charge on any atom is 0.200 e. The van der Waals surface area contributed by atoms with Gasteiger partial charge in [-0.1, -0.05) is 64.0 Å². The van der Waals surface area contributed by atoms with Crippen LogP contribution >= 0.6 is 0 Å². The summed E-state index contributed by atoms with van der Waals surface area (Å²) in [7, 11) is 0. The van der Waals surface area contributed by atoms with E-state index >= 15 is 35.1 Å². The predicted octanol–water partition coefficient (Wildman–Crippen LogP) is 10.4. The van der Waals surface area contributed by atoms with E-state index < -0.39 is 144 Å². The summed E-state index contributed by atoms with van der Waals surface area (Å²) in [5.41, 5.74) is -14.3. The summed E-state index contributed by atoms with van der Waals surface area (Å²) in [5, 5.41) is 0. The molecule has 1 aliphatic heterocycles. The summed E-state index contributed by atoms with van der Waals surface area (Å²) in [4.78, 5) is 2.40. The Morgan fingerprint density at radius 1 is 0.344 bits per heavy atom. The third-order valence-electron chi connectivity index (χ3n) is 9.89. The Bertz CT molecular complexity index is 1980. The molecule has 0 N–H and O–H groups in total. The van der Waals surface area contributed by atoms with Crippen molar-refractivity contribution in [3.05, 3.63) is 141 Å². The number of benzene rings is 4. The molecule has 22 heteroatoms. The molecular weight excluding hydrogens is 873 g/mol.